The van der Waals surface area contributed by atoms with Gasteiger partial charge in [0.15, 0.2) is 5.82 Å². The Morgan fingerprint density at radius 2 is 1.88 bits per heavy atom. The Balaban J connectivity index is 1.76. The lowest BCUT2D eigenvalue weighted by atomic mass is 9.99. The number of aryl methyl sites for hydroxylation is 1. The third-order valence-corrected chi connectivity index (χ3v) is 5.97. The van der Waals surface area contributed by atoms with Crippen LogP contribution >= 0.6 is 0 Å². The summed E-state index contributed by atoms with van der Waals surface area (Å²) in [5.41, 5.74) is 6.74. The molecule has 8 heteroatoms. The first-order valence-corrected chi connectivity index (χ1v) is 9.50. The highest BCUT2D eigenvalue weighted by atomic mass is 32.2. The van der Waals surface area contributed by atoms with Crippen molar-refractivity contribution < 1.29 is 12.9 Å². The molecule has 0 bridgehead atoms. The number of hydrogen-bond donors (Lipinski definition) is 2. The lowest BCUT2D eigenvalue weighted by molar-refractivity contribution is 0.333. The second kappa shape index (κ2) is 6.27. The van der Waals surface area contributed by atoms with Gasteiger partial charge in [0.25, 0.3) is 0 Å². The van der Waals surface area contributed by atoms with E-state index in [0.29, 0.717) is 5.82 Å². The van der Waals surface area contributed by atoms with Crippen molar-refractivity contribution in [2.45, 2.75) is 56.0 Å². The van der Waals surface area contributed by atoms with E-state index in [1.807, 2.05) is 6.92 Å². The molecule has 130 valence electrons. The van der Waals surface area contributed by atoms with Crippen LogP contribution in [0.15, 0.2) is 33.7 Å². The van der Waals surface area contributed by atoms with E-state index in [9.17, 15) is 8.42 Å². The second-order valence-electron chi connectivity index (χ2n) is 6.48. The summed E-state index contributed by atoms with van der Waals surface area (Å²) in [5.74, 6) is 0.675. The number of nitrogens with one attached hydrogen (secondary N) is 1. The minimum Gasteiger partial charge on any atom is -0.338 e. The standard InChI is InChI=1S/C16H22N4O3S/c1-11-5-7-13(8-6-11)24(21,22)20-12(2)14-18-15(19-23-14)16(17)9-3-4-10-16/h5-8,12,20H,3-4,9-10,17H2,1-2H3. The normalized spacial score (nSPS) is 18.6. The molecule has 0 saturated heterocycles. The Morgan fingerprint density at radius 1 is 1.25 bits per heavy atom. The third kappa shape index (κ3) is 3.35. The van der Waals surface area contributed by atoms with Gasteiger partial charge in [0, 0.05) is 0 Å². The SMILES string of the molecule is Cc1ccc(S(=O)(=O)NC(C)c2nc(C3(N)CCCC3)no2)cc1. The highest BCUT2D eigenvalue weighted by Gasteiger charge is 2.36. The number of nitrogens with two attached hydrogens (primary N) is 1. The van der Waals surface area contributed by atoms with Crippen molar-refractivity contribution in [1.82, 2.24) is 14.9 Å². The van der Waals surface area contributed by atoms with E-state index >= 15 is 0 Å². The van der Waals surface area contributed by atoms with Crippen LogP contribution in [0.25, 0.3) is 0 Å². The first-order chi connectivity index (χ1) is 11.3. The van der Waals surface area contributed by atoms with Crippen molar-refractivity contribution in [2.24, 2.45) is 5.73 Å². The maximum atomic E-state index is 12.4. The number of sulfonamides is 1. The molecule has 1 aliphatic carbocycles. The van der Waals surface area contributed by atoms with E-state index in [0.717, 1.165) is 31.2 Å². The van der Waals surface area contributed by atoms with Gasteiger partial charge in [-0.15, -0.1) is 0 Å². The molecule has 1 aliphatic rings. The molecule has 2 aromatic rings. The van der Waals surface area contributed by atoms with Crippen molar-refractivity contribution in [1.29, 1.82) is 0 Å². The van der Waals surface area contributed by atoms with Gasteiger partial charge in [0.2, 0.25) is 15.9 Å². The average Bonchev–Trinajstić information content (AvgIpc) is 3.17. The smallest absolute Gasteiger partial charge is 0.244 e. The van der Waals surface area contributed by atoms with Crippen LogP contribution in [0.5, 0.6) is 0 Å². The Hall–Kier alpha value is -1.77. The molecule has 3 rings (SSSR count). The molecule has 0 amide bonds. The number of benzene rings is 1. The van der Waals surface area contributed by atoms with Crippen molar-refractivity contribution >= 4 is 10.0 Å². The second-order valence-corrected chi connectivity index (χ2v) is 8.19. The predicted octanol–water partition coefficient (Wildman–Crippen LogP) is 2.15. The van der Waals surface area contributed by atoms with E-state index in [4.69, 9.17) is 10.3 Å². The molecule has 0 spiro atoms. The molecule has 7 nitrogen and oxygen atoms in total. The molecule has 0 radical (unpaired) electrons. The summed E-state index contributed by atoms with van der Waals surface area (Å²) in [7, 11) is -3.66. The summed E-state index contributed by atoms with van der Waals surface area (Å²) in [6, 6.07) is 6.00. The van der Waals surface area contributed by atoms with Crippen LogP contribution in [0.3, 0.4) is 0 Å². The Morgan fingerprint density at radius 3 is 2.50 bits per heavy atom. The molecular formula is C16H22N4O3S. The zero-order valence-corrected chi connectivity index (χ0v) is 14.6. The molecule has 3 N–H and O–H groups in total. The maximum absolute atomic E-state index is 12.4. The molecule has 1 fully saturated rings. The summed E-state index contributed by atoms with van der Waals surface area (Å²) in [6.45, 7) is 3.57. The van der Waals surface area contributed by atoms with E-state index < -0.39 is 21.6 Å². The van der Waals surface area contributed by atoms with Gasteiger partial charge in [-0.3, -0.25) is 0 Å². The van der Waals surface area contributed by atoms with Crippen molar-refractivity contribution in [3.05, 3.63) is 41.5 Å². The summed E-state index contributed by atoms with van der Waals surface area (Å²) in [4.78, 5) is 4.53. The minimum atomic E-state index is -3.66. The molecule has 24 heavy (non-hydrogen) atoms. The molecule has 1 atom stereocenters. The van der Waals surface area contributed by atoms with Crippen LogP contribution in [0, 0.1) is 6.92 Å². The highest BCUT2D eigenvalue weighted by Crippen LogP contribution is 2.35. The summed E-state index contributed by atoms with van der Waals surface area (Å²) in [5, 5.41) is 3.96. The van der Waals surface area contributed by atoms with E-state index in [1.165, 1.54) is 0 Å². The largest absolute Gasteiger partial charge is 0.338 e. The Bertz CT molecular complexity index is 808. The molecular weight excluding hydrogens is 328 g/mol. The molecule has 0 aliphatic heterocycles. The van der Waals surface area contributed by atoms with Gasteiger partial charge in [0.1, 0.15) is 0 Å². The number of rotatable bonds is 5. The molecule has 1 aromatic heterocycles. The quantitative estimate of drug-likeness (QED) is 0.854. The van der Waals surface area contributed by atoms with Crippen LogP contribution in [0.2, 0.25) is 0 Å². The topological polar surface area (TPSA) is 111 Å². The van der Waals surface area contributed by atoms with Crippen LogP contribution in [-0.4, -0.2) is 18.6 Å². The van der Waals surface area contributed by atoms with E-state index in [1.54, 1.807) is 31.2 Å². The number of nitrogens with zero attached hydrogens (tertiary/aromatic N) is 2. The number of aromatic nitrogens is 2. The van der Waals surface area contributed by atoms with Gasteiger partial charge in [-0.05, 0) is 38.8 Å². The predicted molar refractivity (Wildman–Crippen MR) is 88.5 cm³/mol. The highest BCUT2D eigenvalue weighted by molar-refractivity contribution is 7.89. The van der Waals surface area contributed by atoms with Crippen molar-refractivity contribution in [3.63, 3.8) is 0 Å². The third-order valence-electron chi connectivity index (χ3n) is 4.42. The van der Waals surface area contributed by atoms with E-state index in [-0.39, 0.29) is 10.8 Å². The summed E-state index contributed by atoms with van der Waals surface area (Å²) < 4.78 is 32.7. The average molecular weight is 350 g/mol. The lowest BCUT2D eigenvalue weighted by Crippen LogP contribution is -2.34. The Kier molecular flexibility index (Phi) is 4.46. The lowest BCUT2D eigenvalue weighted by Gasteiger charge is -2.17. The maximum Gasteiger partial charge on any atom is 0.244 e. The molecule has 1 heterocycles. The van der Waals surface area contributed by atoms with Crippen LogP contribution < -0.4 is 10.5 Å². The van der Waals surface area contributed by atoms with Crippen LogP contribution in [0.4, 0.5) is 0 Å². The van der Waals surface area contributed by atoms with Crippen LogP contribution in [0.1, 0.15) is 55.9 Å². The van der Waals surface area contributed by atoms with Gasteiger partial charge in [-0.2, -0.15) is 9.71 Å². The minimum absolute atomic E-state index is 0.200. The van der Waals surface area contributed by atoms with Crippen molar-refractivity contribution in [2.75, 3.05) is 0 Å². The van der Waals surface area contributed by atoms with Crippen molar-refractivity contribution in [3.8, 4) is 0 Å². The first kappa shape index (κ1) is 17.1. The number of hydrogen-bond acceptors (Lipinski definition) is 6. The Labute approximate surface area is 141 Å². The summed E-state index contributed by atoms with van der Waals surface area (Å²) >= 11 is 0. The fourth-order valence-electron chi connectivity index (χ4n) is 2.91. The van der Waals surface area contributed by atoms with Gasteiger partial charge < -0.3 is 10.3 Å². The van der Waals surface area contributed by atoms with Gasteiger partial charge in [0.05, 0.1) is 16.5 Å². The van der Waals surface area contributed by atoms with Gasteiger partial charge >= 0.3 is 0 Å². The first-order valence-electron chi connectivity index (χ1n) is 8.02. The monoisotopic (exact) mass is 350 g/mol. The fourth-order valence-corrected chi connectivity index (χ4v) is 4.11. The van der Waals surface area contributed by atoms with E-state index in [2.05, 4.69) is 14.9 Å². The zero-order valence-electron chi connectivity index (χ0n) is 13.8. The molecule has 1 unspecified atom stereocenters. The summed E-state index contributed by atoms with van der Waals surface area (Å²) in [6.07, 6.45) is 3.71. The zero-order chi connectivity index (χ0) is 17.4. The van der Waals surface area contributed by atoms with Gasteiger partial charge in [-0.1, -0.05) is 35.7 Å². The molecule has 1 saturated carbocycles. The molecule has 1 aromatic carbocycles. The fraction of sp³-hybridized carbons (Fsp3) is 0.500. The van der Waals surface area contributed by atoms with Gasteiger partial charge in [-0.25, -0.2) is 8.42 Å². The van der Waals surface area contributed by atoms with Crippen LogP contribution in [-0.2, 0) is 15.6 Å².